The maximum atomic E-state index is 11.9. The summed E-state index contributed by atoms with van der Waals surface area (Å²) < 4.78 is 12.0. The second-order valence-electron chi connectivity index (χ2n) is 25.6. The van der Waals surface area contributed by atoms with Gasteiger partial charge in [0.25, 0.3) is 35.4 Å². The first kappa shape index (κ1) is 96.8. The standard InChI is InChI=1S/2C16H16N2O3.C15H13BrN2O2.2C15H14N2O3.C14H10Br2N2O2.CH4/c1-11-4-3-5-12(8-11)16(20)18-17-10-13-6-7-14(21-2)9-15(13)19;1-11-5-3-4-6-14(11)16(20)18-17-10-12-7-8-13(21-2)9-15(12)19;1-10-4-2-3-5-12(10)15(20)18-17-9-11-6-7-14(19)13(16)8-11;1-10-3-2-4-11(7-10)15(20)17-16-9-12-5-6-13(18)8-14(12)19;1-10-4-2-3-5-13(10)15(20)17-16-9-11-6-7-12(18)8-14(11)19;15-11-3-1-2-10(7-11)14(20)18-17-8-9-4-5-13(19)12(16)6-9;/h2*3-10,19H,1-2H3,(H,18,20);2-9,19H,1H3,(H,18,20);2*2-9,18-19H,1H3,(H,17,20);1-8,19H,(H,18,20);1H4/b2*17-10+;17-9+;2*16-9+;17-8+;. The maximum Gasteiger partial charge on any atom is 0.271 e. The van der Waals surface area contributed by atoms with Gasteiger partial charge in [0.15, 0.2) is 0 Å². The molecule has 0 saturated carbocycles. The highest BCUT2D eigenvalue weighted by Gasteiger charge is 2.13. The van der Waals surface area contributed by atoms with Gasteiger partial charge < -0.3 is 50.3 Å². The van der Waals surface area contributed by atoms with Crippen LogP contribution in [0.25, 0.3) is 0 Å². The summed E-state index contributed by atoms with van der Waals surface area (Å²) in [5.41, 5.74) is 25.7. The van der Waals surface area contributed by atoms with Gasteiger partial charge in [-0.2, -0.15) is 30.6 Å². The first-order valence-corrected chi connectivity index (χ1v) is 38.7. The first-order chi connectivity index (χ1) is 58.5. The van der Waals surface area contributed by atoms with Crippen LogP contribution < -0.4 is 42.0 Å². The van der Waals surface area contributed by atoms with Crippen molar-refractivity contribution in [2.45, 2.75) is 42.0 Å². The van der Waals surface area contributed by atoms with Gasteiger partial charge >= 0.3 is 0 Å². The quantitative estimate of drug-likeness (QED) is 0.0249. The number of carbonyl (C=O) groups is 6. The fourth-order valence-electron chi connectivity index (χ4n) is 10.0. The summed E-state index contributed by atoms with van der Waals surface area (Å²) in [6.07, 6.45) is 8.39. The molecule has 0 bridgehead atoms. The van der Waals surface area contributed by atoms with Gasteiger partial charge in [0, 0.05) is 84.4 Å². The number of methoxy groups -OCH3 is 2. The summed E-state index contributed by atoms with van der Waals surface area (Å²) in [5.74, 6) is -0.622. The minimum Gasteiger partial charge on any atom is -0.508 e. The Bertz CT molecular complexity index is 5870. The van der Waals surface area contributed by atoms with Gasteiger partial charge in [0.05, 0.1) is 60.5 Å². The number of phenolic OH excluding ortho intramolecular Hbond substituents is 8. The van der Waals surface area contributed by atoms with Gasteiger partial charge in [-0.05, 0) is 240 Å². The van der Waals surface area contributed by atoms with E-state index >= 15 is 0 Å². The molecule has 0 radical (unpaired) electrons. The molecule has 31 heteroatoms. The molecule has 0 fully saturated rings. The van der Waals surface area contributed by atoms with E-state index in [0.29, 0.717) is 76.1 Å². The molecule has 0 aliphatic rings. The lowest BCUT2D eigenvalue weighted by molar-refractivity contribution is 0.0946. The fraction of sp³-hybridized carbons (Fsp3) is 0.0870. The SMILES string of the molecule is C.COc1ccc(/C=N/NC(=O)c2cccc(C)c2)c(O)c1.COc1ccc(/C=N/NC(=O)c2ccccc2C)c(O)c1.Cc1cccc(C(=O)N/N=C/c2ccc(O)cc2O)c1.Cc1ccccc1C(=O)N/N=C/c1ccc(O)c(Br)c1.Cc1ccccc1C(=O)N/N=C/c1ccc(O)cc1O.O=C(N/N=C/c1ccc(O)c(Br)c1)c1cccc(Br)c1. The number of hydrogen-bond donors (Lipinski definition) is 14. The lowest BCUT2D eigenvalue weighted by atomic mass is 10.1. The number of hydrogen-bond acceptors (Lipinski definition) is 22. The van der Waals surface area contributed by atoms with E-state index in [-0.39, 0.29) is 88.9 Å². The monoisotopic (exact) mass is 1850 g/mol. The zero-order valence-corrected chi connectivity index (χ0v) is 71.1. The van der Waals surface area contributed by atoms with Crippen LogP contribution >= 0.6 is 47.8 Å². The van der Waals surface area contributed by atoms with Gasteiger partial charge in [0.2, 0.25) is 0 Å². The average Bonchev–Trinajstić information content (AvgIpc) is 0.876. The van der Waals surface area contributed by atoms with Crippen LogP contribution in [-0.2, 0) is 0 Å². The Morgan fingerprint density at radius 1 is 0.293 bits per heavy atom. The summed E-state index contributed by atoms with van der Waals surface area (Å²) in [6.45, 7) is 9.37. The molecular formula is C92H87Br3N12O16. The van der Waals surface area contributed by atoms with Crippen molar-refractivity contribution in [1.29, 1.82) is 0 Å². The van der Waals surface area contributed by atoms with Crippen LogP contribution in [0.4, 0.5) is 0 Å². The summed E-state index contributed by atoms with van der Waals surface area (Å²) in [6, 6.07) is 70.8. The van der Waals surface area contributed by atoms with E-state index in [2.05, 4.69) is 111 Å². The number of halogens is 3. The number of benzene rings is 12. The molecule has 123 heavy (non-hydrogen) atoms. The van der Waals surface area contributed by atoms with Gasteiger partial charge in [0.1, 0.15) is 57.5 Å². The predicted molar refractivity (Wildman–Crippen MR) is 488 cm³/mol. The topological polar surface area (TPSA) is 429 Å². The molecule has 0 saturated heterocycles. The number of ether oxygens (including phenoxy) is 2. The van der Waals surface area contributed by atoms with E-state index in [9.17, 15) is 59.4 Å². The number of hydrazone groups is 6. The van der Waals surface area contributed by atoms with Crippen LogP contribution in [0.2, 0.25) is 0 Å². The normalized spacial score (nSPS) is 10.6. The minimum atomic E-state index is -0.330. The Morgan fingerprint density at radius 2 is 0.585 bits per heavy atom. The number of aromatic hydroxyl groups is 8. The van der Waals surface area contributed by atoms with Crippen LogP contribution in [-0.4, -0.2) is 128 Å². The van der Waals surface area contributed by atoms with Crippen molar-refractivity contribution in [1.82, 2.24) is 32.6 Å². The Hall–Kier alpha value is -15.1. The zero-order valence-electron chi connectivity index (χ0n) is 66.4. The second kappa shape index (κ2) is 50.0. The molecule has 0 aliphatic carbocycles. The van der Waals surface area contributed by atoms with E-state index < -0.39 is 0 Å². The van der Waals surface area contributed by atoms with Gasteiger partial charge in [-0.1, -0.05) is 119 Å². The molecule has 0 spiro atoms. The van der Waals surface area contributed by atoms with Gasteiger partial charge in [-0.25, -0.2) is 32.6 Å². The van der Waals surface area contributed by atoms with E-state index in [1.54, 1.807) is 140 Å². The fourth-order valence-corrected chi connectivity index (χ4v) is 11.2. The van der Waals surface area contributed by atoms with Crippen LogP contribution in [0.1, 0.15) is 131 Å². The van der Waals surface area contributed by atoms with Crippen molar-refractivity contribution < 1.29 is 79.1 Å². The number of phenols is 8. The molecule has 12 rings (SSSR count). The van der Waals surface area contributed by atoms with Gasteiger partial charge in [-0.15, -0.1) is 0 Å². The van der Waals surface area contributed by atoms with Crippen molar-refractivity contribution >= 4 is 121 Å². The molecule has 0 heterocycles. The minimum absolute atomic E-state index is 0. The van der Waals surface area contributed by atoms with Crippen LogP contribution in [0, 0.1) is 34.6 Å². The Labute approximate surface area is 734 Å². The molecule has 0 unspecified atom stereocenters. The highest BCUT2D eigenvalue weighted by molar-refractivity contribution is 9.11. The van der Waals surface area contributed by atoms with Crippen molar-refractivity contribution in [3.63, 3.8) is 0 Å². The van der Waals surface area contributed by atoms with E-state index in [1.807, 2.05) is 101 Å². The van der Waals surface area contributed by atoms with Crippen LogP contribution in [0.15, 0.2) is 299 Å². The third-order valence-electron chi connectivity index (χ3n) is 16.5. The third kappa shape index (κ3) is 32.6. The number of nitrogens with zero attached hydrogens (tertiary/aromatic N) is 6. The second-order valence-corrected chi connectivity index (χ2v) is 28.3. The molecule has 632 valence electrons. The summed E-state index contributed by atoms with van der Waals surface area (Å²) >= 11 is 9.72. The molecule has 28 nitrogen and oxygen atoms in total. The summed E-state index contributed by atoms with van der Waals surface area (Å²) in [4.78, 5) is 71.2. The summed E-state index contributed by atoms with van der Waals surface area (Å²) in [5, 5.41) is 98.7. The van der Waals surface area contributed by atoms with Gasteiger partial charge in [-0.3, -0.25) is 28.8 Å². The third-order valence-corrected chi connectivity index (χ3v) is 18.3. The Morgan fingerprint density at radius 3 is 0.878 bits per heavy atom. The molecule has 12 aromatic rings. The van der Waals surface area contributed by atoms with Crippen LogP contribution in [0.3, 0.4) is 0 Å². The number of rotatable bonds is 20. The lowest BCUT2D eigenvalue weighted by Gasteiger charge is -2.04. The largest absolute Gasteiger partial charge is 0.508 e. The summed E-state index contributed by atoms with van der Waals surface area (Å²) in [7, 11) is 3.04. The average molecular weight is 1860 g/mol. The smallest absolute Gasteiger partial charge is 0.271 e. The molecule has 0 aromatic heterocycles. The lowest BCUT2D eigenvalue weighted by Crippen LogP contribution is -2.18. The Balaban J connectivity index is 0.000000228. The first-order valence-electron chi connectivity index (χ1n) is 36.3. The maximum absolute atomic E-state index is 11.9. The number of nitrogens with one attached hydrogen (secondary N) is 6. The molecule has 0 aliphatic heterocycles. The molecular weight excluding hydrogens is 1770 g/mol. The predicted octanol–water partition coefficient (Wildman–Crippen LogP) is 16.8. The van der Waals surface area contributed by atoms with E-state index in [4.69, 9.17) is 19.7 Å². The van der Waals surface area contributed by atoms with E-state index in [1.165, 1.54) is 100 Å². The number of aryl methyl sites for hydroxylation is 5. The highest BCUT2D eigenvalue weighted by Crippen LogP contribution is 2.28. The highest BCUT2D eigenvalue weighted by atomic mass is 79.9. The Kier molecular flexibility index (Phi) is 39.3. The molecule has 0 atom stereocenters. The number of carbonyl (C=O) groups excluding carboxylic acids is 6. The van der Waals surface area contributed by atoms with Crippen molar-refractivity contribution in [2.75, 3.05) is 14.2 Å². The van der Waals surface area contributed by atoms with Crippen LogP contribution in [0.5, 0.6) is 57.5 Å². The molecule has 6 amide bonds. The molecule has 12 aromatic carbocycles. The van der Waals surface area contributed by atoms with E-state index in [0.717, 1.165) is 43.4 Å². The van der Waals surface area contributed by atoms with Crippen molar-refractivity contribution in [2.24, 2.45) is 30.6 Å². The number of amides is 6. The molecule has 14 N–H and O–H groups in total. The van der Waals surface area contributed by atoms with Crippen molar-refractivity contribution in [3.05, 3.63) is 363 Å². The van der Waals surface area contributed by atoms with Crippen molar-refractivity contribution in [3.8, 4) is 57.5 Å². The zero-order chi connectivity index (χ0) is 88.6.